The monoisotopic (exact) mass is 299 g/mol. The Morgan fingerprint density at radius 1 is 0.955 bits per heavy atom. The lowest BCUT2D eigenvalue weighted by Gasteiger charge is -2.08. The summed E-state index contributed by atoms with van der Waals surface area (Å²) in [5.74, 6) is 1.96. The molecule has 0 saturated heterocycles. The fourth-order valence-corrected chi connectivity index (χ4v) is 1.83. The van der Waals surface area contributed by atoms with Crippen molar-refractivity contribution in [3.05, 3.63) is 54.1 Å². The Hall–Kier alpha value is -2.49. The van der Waals surface area contributed by atoms with Gasteiger partial charge in [0.1, 0.15) is 17.2 Å². The van der Waals surface area contributed by atoms with E-state index in [1.165, 1.54) is 5.56 Å². The van der Waals surface area contributed by atoms with E-state index < -0.39 is 6.09 Å². The Bertz CT molecular complexity index is 591. The molecule has 0 heterocycles. The van der Waals surface area contributed by atoms with Crippen LogP contribution >= 0.6 is 0 Å². The number of hydrogen-bond acceptors (Lipinski definition) is 3. The molecule has 0 radical (unpaired) electrons. The normalized spacial score (nSPS) is 10.1. The molecule has 4 heteroatoms. The van der Waals surface area contributed by atoms with E-state index in [4.69, 9.17) is 9.47 Å². The molecule has 0 saturated carbocycles. The molecule has 0 spiro atoms. The maximum atomic E-state index is 11.5. The molecule has 4 nitrogen and oxygen atoms in total. The van der Waals surface area contributed by atoms with Crippen molar-refractivity contribution in [3.8, 4) is 17.2 Å². The summed E-state index contributed by atoms with van der Waals surface area (Å²) in [6, 6.07) is 14.8. The van der Waals surface area contributed by atoms with Crippen molar-refractivity contribution in [2.45, 2.75) is 26.7 Å². The van der Waals surface area contributed by atoms with Gasteiger partial charge >= 0.3 is 6.09 Å². The van der Waals surface area contributed by atoms with Crippen LogP contribution in [-0.2, 0) is 0 Å². The smallest absolute Gasteiger partial charge is 0.412 e. The second-order valence-electron chi connectivity index (χ2n) is 5.06. The Morgan fingerprint density at radius 3 is 2.09 bits per heavy atom. The average molecular weight is 299 g/mol. The molecule has 0 aliphatic rings. The third-order valence-electron chi connectivity index (χ3n) is 3.09. The summed E-state index contributed by atoms with van der Waals surface area (Å²) in [7, 11) is 0. The van der Waals surface area contributed by atoms with Crippen molar-refractivity contribution in [2.75, 3.05) is 6.54 Å². The third-order valence-corrected chi connectivity index (χ3v) is 3.09. The van der Waals surface area contributed by atoms with Gasteiger partial charge in [-0.15, -0.1) is 0 Å². The molecule has 22 heavy (non-hydrogen) atoms. The number of hydrogen-bond donors (Lipinski definition) is 1. The van der Waals surface area contributed by atoms with E-state index in [0.29, 0.717) is 18.0 Å². The minimum absolute atomic E-state index is 0.430. The van der Waals surface area contributed by atoms with Gasteiger partial charge in [-0.3, -0.25) is 0 Å². The molecule has 2 aromatic rings. The minimum atomic E-state index is -0.430. The Kier molecular flexibility index (Phi) is 5.83. The molecule has 116 valence electrons. The van der Waals surface area contributed by atoms with E-state index in [1.54, 1.807) is 24.3 Å². The predicted octanol–water partition coefficient (Wildman–Crippen LogP) is 4.68. The highest BCUT2D eigenvalue weighted by molar-refractivity contribution is 5.70. The van der Waals surface area contributed by atoms with Crippen LogP contribution in [0.4, 0.5) is 4.79 Å². The van der Waals surface area contributed by atoms with E-state index in [9.17, 15) is 4.79 Å². The Labute approximate surface area is 131 Å². The molecule has 2 rings (SSSR count). The first kappa shape index (κ1) is 15.9. The lowest BCUT2D eigenvalue weighted by Crippen LogP contribution is -2.27. The zero-order valence-electron chi connectivity index (χ0n) is 13.0. The summed E-state index contributed by atoms with van der Waals surface area (Å²) >= 11 is 0. The predicted molar refractivity (Wildman–Crippen MR) is 86.6 cm³/mol. The quantitative estimate of drug-likeness (QED) is 0.788. The van der Waals surface area contributed by atoms with Crippen molar-refractivity contribution in [2.24, 2.45) is 0 Å². The second-order valence-corrected chi connectivity index (χ2v) is 5.06. The summed E-state index contributed by atoms with van der Waals surface area (Å²) in [5.41, 5.74) is 1.19. The number of nitrogens with one attached hydrogen (secondary N) is 1. The van der Waals surface area contributed by atoms with Gasteiger partial charge in [0, 0.05) is 6.54 Å². The molecule has 0 fully saturated rings. The summed E-state index contributed by atoms with van der Waals surface area (Å²) < 4.78 is 10.9. The number of unbranched alkanes of at least 4 members (excludes halogenated alkanes) is 1. The molecular weight excluding hydrogens is 278 g/mol. The molecule has 1 N–H and O–H groups in total. The first-order valence-corrected chi connectivity index (χ1v) is 7.47. The highest BCUT2D eigenvalue weighted by Gasteiger charge is 2.04. The maximum Gasteiger partial charge on any atom is 0.412 e. The van der Waals surface area contributed by atoms with Gasteiger partial charge in [0.25, 0.3) is 0 Å². The molecule has 0 aromatic heterocycles. The van der Waals surface area contributed by atoms with Crippen molar-refractivity contribution < 1.29 is 14.3 Å². The van der Waals surface area contributed by atoms with E-state index in [2.05, 4.69) is 12.2 Å². The van der Waals surface area contributed by atoms with Crippen LogP contribution in [0.3, 0.4) is 0 Å². The third kappa shape index (κ3) is 5.13. The van der Waals surface area contributed by atoms with Crippen LogP contribution in [0.2, 0.25) is 0 Å². The van der Waals surface area contributed by atoms with E-state index in [0.717, 1.165) is 18.6 Å². The highest BCUT2D eigenvalue weighted by atomic mass is 16.6. The van der Waals surface area contributed by atoms with Crippen molar-refractivity contribution in [1.29, 1.82) is 0 Å². The van der Waals surface area contributed by atoms with Gasteiger partial charge < -0.3 is 14.8 Å². The molecule has 0 aliphatic heterocycles. The van der Waals surface area contributed by atoms with Crippen molar-refractivity contribution in [1.82, 2.24) is 5.32 Å². The van der Waals surface area contributed by atoms with Gasteiger partial charge in [-0.2, -0.15) is 0 Å². The summed E-state index contributed by atoms with van der Waals surface area (Å²) in [6.07, 6.45) is 1.55. The largest absolute Gasteiger partial charge is 0.457 e. The number of amides is 1. The highest BCUT2D eigenvalue weighted by Crippen LogP contribution is 2.24. The molecular formula is C18H21NO3. The van der Waals surface area contributed by atoms with Crippen LogP contribution in [-0.4, -0.2) is 12.6 Å². The second kappa shape index (κ2) is 8.08. The number of carbonyl (C=O) groups is 1. The van der Waals surface area contributed by atoms with E-state index in [-0.39, 0.29) is 0 Å². The van der Waals surface area contributed by atoms with Crippen LogP contribution in [0.25, 0.3) is 0 Å². The standard InChI is InChI=1S/C18H21NO3/c1-3-4-13-19-18(20)22-17-11-9-16(10-12-17)21-15-7-5-14(2)6-8-15/h5-12H,3-4,13H2,1-2H3,(H,19,20). The fourth-order valence-electron chi connectivity index (χ4n) is 1.83. The fraction of sp³-hybridized carbons (Fsp3) is 0.278. The van der Waals surface area contributed by atoms with Crippen molar-refractivity contribution >= 4 is 6.09 Å². The number of rotatable bonds is 6. The summed E-state index contributed by atoms with van der Waals surface area (Å²) in [6.45, 7) is 4.73. The number of aryl methyl sites for hydroxylation is 1. The van der Waals surface area contributed by atoms with Crippen LogP contribution in [0.5, 0.6) is 17.2 Å². The SMILES string of the molecule is CCCCNC(=O)Oc1ccc(Oc2ccc(C)cc2)cc1. The van der Waals surface area contributed by atoms with E-state index >= 15 is 0 Å². The van der Waals surface area contributed by atoms with Gasteiger partial charge in [-0.25, -0.2) is 4.79 Å². The molecule has 0 unspecified atom stereocenters. The van der Waals surface area contributed by atoms with Gasteiger partial charge in [0.05, 0.1) is 0 Å². The van der Waals surface area contributed by atoms with Gasteiger partial charge in [0.2, 0.25) is 0 Å². The average Bonchev–Trinajstić information content (AvgIpc) is 2.52. The van der Waals surface area contributed by atoms with Crippen LogP contribution in [0, 0.1) is 6.92 Å². The number of carbonyl (C=O) groups excluding carboxylic acids is 1. The number of benzene rings is 2. The zero-order chi connectivity index (χ0) is 15.8. The van der Waals surface area contributed by atoms with Crippen LogP contribution in [0.15, 0.2) is 48.5 Å². The summed E-state index contributed by atoms with van der Waals surface area (Å²) in [5, 5.41) is 2.70. The first-order chi connectivity index (χ1) is 10.7. The lowest BCUT2D eigenvalue weighted by atomic mass is 10.2. The Balaban J connectivity index is 1.87. The van der Waals surface area contributed by atoms with Gasteiger partial charge in [-0.05, 0) is 49.7 Å². The van der Waals surface area contributed by atoms with Crippen LogP contribution < -0.4 is 14.8 Å². The van der Waals surface area contributed by atoms with Crippen LogP contribution in [0.1, 0.15) is 25.3 Å². The van der Waals surface area contributed by atoms with Gasteiger partial charge in [-0.1, -0.05) is 31.0 Å². The number of ether oxygens (including phenoxy) is 2. The Morgan fingerprint density at radius 2 is 1.50 bits per heavy atom. The lowest BCUT2D eigenvalue weighted by molar-refractivity contribution is 0.200. The molecule has 2 aromatic carbocycles. The summed E-state index contributed by atoms with van der Waals surface area (Å²) in [4.78, 5) is 11.5. The topological polar surface area (TPSA) is 47.6 Å². The molecule has 0 aliphatic carbocycles. The molecule has 1 amide bonds. The molecule has 0 atom stereocenters. The zero-order valence-corrected chi connectivity index (χ0v) is 13.0. The molecule has 0 bridgehead atoms. The maximum absolute atomic E-state index is 11.5. The van der Waals surface area contributed by atoms with Gasteiger partial charge in [0.15, 0.2) is 0 Å². The van der Waals surface area contributed by atoms with E-state index in [1.807, 2.05) is 31.2 Å². The van der Waals surface area contributed by atoms with Crippen molar-refractivity contribution in [3.63, 3.8) is 0 Å². The first-order valence-electron chi connectivity index (χ1n) is 7.47. The minimum Gasteiger partial charge on any atom is -0.457 e.